The average Bonchev–Trinajstić information content (AvgIpc) is 2.99. The molecular formula is C34H69F6NO4PS2+. The molecule has 0 heterocycles. The average molecular weight is 765 g/mol. The Bertz CT molecular complexity index is 888. The maximum absolute atomic E-state index is 11.5. The Morgan fingerprint density at radius 3 is 0.771 bits per heavy atom. The smallest absolute Gasteiger partial charge is 0.202 e. The number of alkyl halides is 6. The standard InChI is InChI=1S/C32H68P.C2HF6NO4S2/c1-5-9-13-17-18-19-20-21-22-23-24-28-32-33(29-25-14-10-6-2,30-26-15-11-7-3)31-27-16-12-8-4;3-1(4,5)14(10,11)9-15(12,13)2(6,7)8/h5-32H2,1-4H3;9H/q+1;. The molecule has 0 aromatic rings. The zero-order valence-electron chi connectivity index (χ0n) is 30.5. The summed E-state index contributed by atoms with van der Waals surface area (Å²) in [6.07, 6.45) is 42.1. The van der Waals surface area contributed by atoms with Gasteiger partial charge in [0.1, 0.15) is 0 Å². The molecule has 0 aliphatic heterocycles. The second-order valence-corrected chi connectivity index (χ2v) is 21.4. The van der Waals surface area contributed by atoms with Crippen LogP contribution in [-0.4, -0.2) is 52.5 Å². The fraction of sp³-hybridized carbons (Fsp3) is 1.00. The Morgan fingerprint density at radius 2 is 0.562 bits per heavy atom. The third-order valence-electron chi connectivity index (χ3n) is 8.77. The van der Waals surface area contributed by atoms with Crippen LogP contribution in [0.25, 0.3) is 0 Å². The van der Waals surface area contributed by atoms with Gasteiger partial charge in [-0.05, 0) is 51.4 Å². The van der Waals surface area contributed by atoms with E-state index < -0.39 is 42.5 Å². The summed E-state index contributed by atoms with van der Waals surface area (Å²) < 4.78 is 108. The molecule has 0 radical (unpaired) electrons. The number of unbranched alkanes of at least 4 members (excludes halogenated alkanes) is 20. The highest BCUT2D eigenvalue weighted by Gasteiger charge is 2.55. The maximum atomic E-state index is 11.5. The Balaban J connectivity index is 0. The minimum Gasteiger partial charge on any atom is -0.202 e. The summed E-state index contributed by atoms with van der Waals surface area (Å²) in [4.78, 5) is 0. The maximum Gasteiger partial charge on any atom is 0.512 e. The number of hydrogen-bond acceptors (Lipinski definition) is 4. The number of hydrogen-bond donors (Lipinski definition) is 1. The molecule has 1 N–H and O–H groups in total. The van der Waals surface area contributed by atoms with E-state index in [9.17, 15) is 43.2 Å². The third kappa shape index (κ3) is 25.8. The predicted molar refractivity (Wildman–Crippen MR) is 193 cm³/mol. The van der Waals surface area contributed by atoms with E-state index in [-0.39, 0.29) is 0 Å². The molecule has 0 unspecified atom stereocenters. The summed E-state index contributed by atoms with van der Waals surface area (Å²) in [6, 6.07) is 0. The van der Waals surface area contributed by atoms with E-state index in [2.05, 4.69) is 27.7 Å². The van der Waals surface area contributed by atoms with Crippen LogP contribution < -0.4 is 4.13 Å². The van der Waals surface area contributed by atoms with E-state index in [4.69, 9.17) is 0 Å². The number of sulfonamides is 2. The minimum absolute atomic E-state index is 0.493. The van der Waals surface area contributed by atoms with Gasteiger partial charge in [0.05, 0.1) is 24.6 Å². The molecular weight excluding hydrogens is 695 g/mol. The van der Waals surface area contributed by atoms with Gasteiger partial charge >= 0.3 is 31.1 Å². The summed E-state index contributed by atoms with van der Waals surface area (Å²) in [5.74, 6) is 0. The van der Waals surface area contributed by atoms with E-state index in [0.717, 1.165) is 0 Å². The van der Waals surface area contributed by atoms with Crippen molar-refractivity contribution in [2.24, 2.45) is 0 Å². The summed E-state index contributed by atoms with van der Waals surface area (Å²) in [5.41, 5.74) is -12.3. The second-order valence-electron chi connectivity index (χ2n) is 13.3. The van der Waals surface area contributed by atoms with Crippen molar-refractivity contribution in [3.8, 4) is 0 Å². The molecule has 0 saturated heterocycles. The number of halogens is 6. The number of rotatable bonds is 30. The lowest BCUT2D eigenvalue weighted by Crippen LogP contribution is -2.45. The Kier molecular flexibility index (Phi) is 29.6. The molecule has 0 saturated carbocycles. The van der Waals surface area contributed by atoms with Crippen LogP contribution in [0.15, 0.2) is 0 Å². The van der Waals surface area contributed by atoms with Gasteiger partial charge in [0.15, 0.2) is 0 Å². The fourth-order valence-corrected chi connectivity index (χ4v) is 12.7. The summed E-state index contributed by atoms with van der Waals surface area (Å²) in [6.45, 7) is 9.41. The van der Waals surface area contributed by atoms with E-state index in [1.807, 2.05) is 0 Å². The van der Waals surface area contributed by atoms with Crippen molar-refractivity contribution in [2.75, 3.05) is 24.6 Å². The van der Waals surface area contributed by atoms with Crippen LogP contribution in [0, 0.1) is 0 Å². The highest BCUT2D eigenvalue weighted by molar-refractivity contribution is 8.05. The van der Waals surface area contributed by atoms with Crippen molar-refractivity contribution in [3.05, 3.63) is 0 Å². The van der Waals surface area contributed by atoms with Crippen molar-refractivity contribution >= 4 is 27.3 Å². The largest absolute Gasteiger partial charge is 0.512 e. The van der Waals surface area contributed by atoms with E-state index in [0.29, 0.717) is 0 Å². The van der Waals surface area contributed by atoms with Gasteiger partial charge < -0.3 is 0 Å². The van der Waals surface area contributed by atoms with Crippen molar-refractivity contribution in [3.63, 3.8) is 0 Å². The van der Waals surface area contributed by atoms with Gasteiger partial charge in [0, 0.05) is 7.26 Å². The molecule has 0 spiro atoms. The molecule has 0 atom stereocenters. The van der Waals surface area contributed by atoms with Crippen LogP contribution in [0.1, 0.15) is 182 Å². The lowest BCUT2D eigenvalue weighted by Gasteiger charge is -2.28. The van der Waals surface area contributed by atoms with E-state index in [1.165, 1.54) is 128 Å². The zero-order chi connectivity index (χ0) is 37.0. The first-order valence-corrected chi connectivity index (χ1v) is 24.2. The van der Waals surface area contributed by atoms with Gasteiger partial charge in [-0.25, -0.2) is 16.8 Å². The Morgan fingerprint density at radius 1 is 0.375 bits per heavy atom. The summed E-state index contributed by atoms with van der Waals surface area (Å²) >= 11 is 0. The summed E-state index contributed by atoms with van der Waals surface area (Å²) in [5, 5.41) is 0. The predicted octanol–water partition coefficient (Wildman–Crippen LogP) is 12.7. The van der Waals surface area contributed by atoms with Crippen LogP contribution in [0.4, 0.5) is 26.3 Å². The van der Waals surface area contributed by atoms with Gasteiger partial charge in [0.25, 0.3) is 0 Å². The van der Waals surface area contributed by atoms with Crippen molar-refractivity contribution < 1.29 is 43.2 Å². The van der Waals surface area contributed by atoms with Crippen molar-refractivity contribution in [2.45, 2.75) is 193 Å². The van der Waals surface area contributed by atoms with Crippen LogP contribution in [0.5, 0.6) is 0 Å². The molecule has 48 heavy (non-hydrogen) atoms. The molecule has 0 bridgehead atoms. The molecule has 0 aliphatic rings. The Labute approximate surface area is 291 Å². The monoisotopic (exact) mass is 764 g/mol. The van der Waals surface area contributed by atoms with Crippen molar-refractivity contribution in [1.82, 2.24) is 4.13 Å². The first-order valence-electron chi connectivity index (χ1n) is 18.7. The quantitative estimate of drug-likeness (QED) is 0.0449. The third-order valence-corrected chi connectivity index (χ3v) is 16.8. The van der Waals surface area contributed by atoms with Gasteiger partial charge in [-0.3, -0.25) is 0 Å². The number of nitrogens with one attached hydrogen (secondary N) is 1. The topological polar surface area (TPSA) is 80.3 Å². The van der Waals surface area contributed by atoms with Gasteiger partial charge in [-0.2, -0.15) is 26.3 Å². The van der Waals surface area contributed by atoms with Gasteiger partial charge in [0.2, 0.25) is 0 Å². The first-order chi connectivity index (χ1) is 22.4. The minimum atomic E-state index is -6.60. The zero-order valence-corrected chi connectivity index (χ0v) is 33.0. The molecule has 292 valence electrons. The van der Waals surface area contributed by atoms with Crippen LogP contribution in [0.3, 0.4) is 0 Å². The van der Waals surface area contributed by atoms with Crippen LogP contribution in [0.2, 0.25) is 0 Å². The van der Waals surface area contributed by atoms with Crippen molar-refractivity contribution in [1.29, 1.82) is 0 Å². The molecule has 0 fully saturated rings. The van der Waals surface area contributed by atoms with Crippen LogP contribution >= 0.6 is 7.26 Å². The van der Waals surface area contributed by atoms with E-state index >= 15 is 0 Å². The highest BCUT2D eigenvalue weighted by Crippen LogP contribution is 2.61. The molecule has 0 aromatic carbocycles. The Hall–Kier alpha value is -0.130. The van der Waals surface area contributed by atoms with Gasteiger partial charge in [-0.1, -0.05) is 135 Å². The van der Waals surface area contributed by atoms with Gasteiger partial charge in [-0.15, -0.1) is 0 Å². The fourth-order valence-electron chi connectivity index (χ4n) is 5.82. The molecule has 0 aliphatic carbocycles. The summed E-state index contributed by atoms with van der Waals surface area (Å²) in [7, 11) is -13.9. The lowest BCUT2D eigenvalue weighted by molar-refractivity contribution is -0.0476. The van der Waals surface area contributed by atoms with E-state index in [1.54, 1.807) is 50.3 Å². The molecule has 5 nitrogen and oxygen atoms in total. The highest BCUT2D eigenvalue weighted by atomic mass is 32.3. The molecule has 14 heteroatoms. The normalized spacial score (nSPS) is 13.0. The molecule has 0 amide bonds. The van der Waals surface area contributed by atoms with Crippen LogP contribution in [-0.2, 0) is 20.0 Å². The SMILES string of the molecule is CCCCCCCCCCCCCC[P+](CCCCCC)(CCCCCC)CCCCCC.O=S(=O)(NS(=O)(=O)C(F)(F)F)C(F)(F)F. The second kappa shape index (κ2) is 28.5. The first kappa shape index (κ1) is 50.0. The molecule has 0 aromatic heterocycles. The lowest BCUT2D eigenvalue weighted by atomic mass is 10.1. The molecule has 0 rings (SSSR count).